The zero-order valence-corrected chi connectivity index (χ0v) is 12.9. The smallest absolute Gasteiger partial charge is 0.224 e. The molecule has 6 heteroatoms. The van der Waals surface area contributed by atoms with Gasteiger partial charge in [0, 0.05) is 30.6 Å². The molecule has 1 aromatic carbocycles. The molecule has 0 spiro atoms. The number of benzene rings is 1. The molecule has 0 atom stereocenters. The average Bonchev–Trinajstić information content (AvgIpc) is 3.29. The number of carbonyl (C=O) groups is 1. The van der Waals surface area contributed by atoms with Crippen LogP contribution in [0.25, 0.3) is 0 Å². The summed E-state index contributed by atoms with van der Waals surface area (Å²) >= 11 is 5.96. The van der Waals surface area contributed by atoms with Gasteiger partial charge in [-0.05, 0) is 31.0 Å². The fraction of sp³-hybridized carbons (Fsp3) is 0.533. The summed E-state index contributed by atoms with van der Waals surface area (Å²) in [5, 5.41) is 12.8. The maximum atomic E-state index is 12.1. The number of aliphatic hydroxyl groups excluding tert-OH is 1. The Kier molecular flexibility index (Phi) is 5.70. The average molecular weight is 313 g/mol. The van der Waals surface area contributed by atoms with E-state index in [9.17, 15) is 4.79 Å². The zero-order valence-electron chi connectivity index (χ0n) is 12.1. The number of amides is 1. The Morgan fingerprint density at radius 2 is 2.29 bits per heavy atom. The molecule has 0 aromatic heterocycles. The van der Waals surface area contributed by atoms with Gasteiger partial charge in [-0.3, -0.25) is 4.79 Å². The topological polar surface area (TPSA) is 61.8 Å². The van der Waals surface area contributed by atoms with Crippen LogP contribution in [0.3, 0.4) is 0 Å². The highest BCUT2D eigenvalue weighted by Gasteiger charge is 2.31. The molecule has 0 aliphatic heterocycles. The van der Waals surface area contributed by atoms with Crippen molar-refractivity contribution in [3.8, 4) is 5.75 Å². The van der Waals surface area contributed by atoms with E-state index in [4.69, 9.17) is 21.4 Å². The van der Waals surface area contributed by atoms with Crippen LogP contribution in [0, 0.1) is 0 Å². The Morgan fingerprint density at radius 1 is 1.52 bits per heavy atom. The van der Waals surface area contributed by atoms with E-state index in [1.807, 2.05) is 0 Å². The second-order valence-corrected chi connectivity index (χ2v) is 5.50. The second-order valence-electron chi connectivity index (χ2n) is 5.06. The van der Waals surface area contributed by atoms with Crippen LogP contribution in [0.15, 0.2) is 18.2 Å². The number of carbonyl (C=O) groups excluding carboxylic acids is 1. The summed E-state index contributed by atoms with van der Waals surface area (Å²) in [6, 6.07) is 5.64. The number of nitrogens with one attached hydrogen (secondary N) is 1. The van der Waals surface area contributed by atoms with Crippen molar-refractivity contribution in [2.75, 3.05) is 32.1 Å². The molecule has 1 aliphatic rings. The van der Waals surface area contributed by atoms with Crippen molar-refractivity contribution in [2.45, 2.75) is 25.3 Å². The normalized spacial score (nSPS) is 13.9. The third-order valence-electron chi connectivity index (χ3n) is 3.46. The largest absolute Gasteiger partial charge is 0.495 e. The van der Waals surface area contributed by atoms with Crippen LogP contribution in [0.5, 0.6) is 5.75 Å². The van der Waals surface area contributed by atoms with E-state index in [1.165, 1.54) is 0 Å². The molecule has 0 heterocycles. The number of anilines is 1. The molecule has 0 radical (unpaired) electrons. The molecule has 1 aromatic rings. The summed E-state index contributed by atoms with van der Waals surface area (Å²) in [6.07, 6.45) is 2.47. The van der Waals surface area contributed by atoms with Gasteiger partial charge < -0.3 is 20.1 Å². The number of nitrogens with zero attached hydrogens (tertiary/aromatic N) is 1. The molecular weight excluding hydrogens is 292 g/mol. The van der Waals surface area contributed by atoms with Crippen molar-refractivity contribution in [2.24, 2.45) is 0 Å². The molecule has 21 heavy (non-hydrogen) atoms. The van der Waals surface area contributed by atoms with Crippen LogP contribution >= 0.6 is 11.6 Å². The third-order valence-corrected chi connectivity index (χ3v) is 3.70. The van der Waals surface area contributed by atoms with Gasteiger partial charge in [-0.1, -0.05) is 11.6 Å². The van der Waals surface area contributed by atoms with Gasteiger partial charge in [0.05, 0.1) is 19.4 Å². The predicted molar refractivity (Wildman–Crippen MR) is 82.9 cm³/mol. The lowest BCUT2D eigenvalue weighted by molar-refractivity contribution is -0.132. The van der Waals surface area contributed by atoms with Crippen molar-refractivity contribution < 1.29 is 14.6 Å². The Morgan fingerprint density at radius 3 is 2.90 bits per heavy atom. The van der Waals surface area contributed by atoms with Gasteiger partial charge in [-0.15, -0.1) is 0 Å². The minimum absolute atomic E-state index is 0.0117. The second kappa shape index (κ2) is 7.52. The molecule has 5 nitrogen and oxygen atoms in total. The summed E-state index contributed by atoms with van der Waals surface area (Å²) in [6.45, 7) is 0.936. The van der Waals surface area contributed by atoms with E-state index < -0.39 is 0 Å². The molecule has 0 bridgehead atoms. The first-order valence-corrected chi connectivity index (χ1v) is 7.51. The fourth-order valence-corrected chi connectivity index (χ4v) is 2.44. The van der Waals surface area contributed by atoms with Crippen LogP contribution in [0.1, 0.15) is 19.3 Å². The van der Waals surface area contributed by atoms with E-state index in [-0.39, 0.29) is 12.5 Å². The van der Waals surface area contributed by atoms with Gasteiger partial charge >= 0.3 is 0 Å². The molecule has 1 saturated carbocycles. The van der Waals surface area contributed by atoms with Crippen LogP contribution in [0.4, 0.5) is 5.69 Å². The molecule has 0 unspecified atom stereocenters. The fourth-order valence-electron chi connectivity index (χ4n) is 2.27. The van der Waals surface area contributed by atoms with Gasteiger partial charge in [0.15, 0.2) is 0 Å². The molecule has 1 aliphatic carbocycles. The predicted octanol–water partition coefficient (Wildman–Crippen LogP) is 2.13. The third kappa shape index (κ3) is 4.51. The Bertz CT molecular complexity index is 492. The van der Waals surface area contributed by atoms with Crippen molar-refractivity contribution in [3.05, 3.63) is 23.2 Å². The summed E-state index contributed by atoms with van der Waals surface area (Å²) in [4.78, 5) is 13.9. The standard InChI is InChI=1S/C15H21ClN2O3/c1-21-14-5-2-11(16)10-13(14)17-7-6-15(20)18(8-9-19)12-3-4-12/h2,5,10,12,17,19H,3-4,6-9H2,1H3. The lowest BCUT2D eigenvalue weighted by atomic mass is 10.2. The summed E-state index contributed by atoms with van der Waals surface area (Å²) in [5.41, 5.74) is 0.776. The van der Waals surface area contributed by atoms with Crippen molar-refractivity contribution in [3.63, 3.8) is 0 Å². The maximum Gasteiger partial charge on any atom is 0.224 e. The first-order chi connectivity index (χ1) is 10.2. The first kappa shape index (κ1) is 15.9. The molecule has 2 N–H and O–H groups in total. The summed E-state index contributed by atoms with van der Waals surface area (Å²) in [7, 11) is 1.59. The van der Waals surface area contributed by atoms with Crippen molar-refractivity contribution >= 4 is 23.2 Å². The number of hydrogen-bond donors (Lipinski definition) is 2. The highest BCUT2D eigenvalue weighted by atomic mass is 35.5. The van der Waals surface area contributed by atoms with Crippen LogP contribution in [-0.2, 0) is 4.79 Å². The quantitative estimate of drug-likeness (QED) is 0.772. The summed E-state index contributed by atoms with van der Waals surface area (Å²) in [5.74, 6) is 0.765. The number of methoxy groups -OCH3 is 1. The number of halogens is 1. The Labute approximate surface area is 129 Å². The van der Waals surface area contributed by atoms with Crippen LogP contribution in [-0.4, -0.2) is 48.8 Å². The van der Waals surface area contributed by atoms with Crippen LogP contribution < -0.4 is 10.1 Å². The molecular formula is C15H21ClN2O3. The number of ether oxygens (including phenoxy) is 1. The van der Waals surface area contributed by atoms with Gasteiger partial charge in [0.1, 0.15) is 5.75 Å². The highest BCUT2D eigenvalue weighted by Crippen LogP contribution is 2.28. The Balaban J connectivity index is 1.85. The number of hydrogen-bond acceptors (Lipinski definition) is 4. The van der Waals surface area contributed by atoms with Gasteiger partial charge in [0.2, 0.25) is 5.91 Å². The maximum absolute atomic E-state index is 12.1. The molecule has 2 rings (SSSR count). The number of aliphatic hydroxyl groups is 1. The van der Waals surface area contributed by atoms with Gasteiger partial charge in [-0.25, -0.2) is 0 Å². The molecule has 1 fully saturated rings. The van der Waals surface area contributed by atoms with E-state index >= 15 is 0 Å². The van der Waals surface area contributed by atoms with E-state index in [1.54, 1.807) is 30.2 Å². The van der Waals surface area contributed by atoms with Gasteiger partial charge in [0.25, 0.3) is 0 Å². The first-order valence-electron chi connectivity index (χ1n) is 7.13. The minimum Gasteiger partial charge on any atom is -0.495 e. The van der Waals surface area contributed by atoms with Crippen molar-refractivity contribution in [1.29, 1.82) is 0 Å². The zero-order chi connectivity index (χ0) is 15.2. The highest BCUT2D eigenvalue weighted by molar-refractivity contribution is 6.30. The van der Waals surface area contributed by atoms with Gasteiger partial charge in [-0.2, -0.15) is 0 Å². The lowest BCUT2D eigenvalue weighted by Crippen LogP contribution is -2.36. The van der Waals surface area contributed by atoms with E-state index in [0.717, 1.165) is 18.5 Å². The Hall–Kier alpha value is -1.46. The molecule has 1 amide bonds. The van der Waals surface area contributed by atoms with Crippen LogP contribution in [0.2, 0.25) is 5.02 Å². The molecule has 0 saturated heterocycles. The SMILES string of the molecule is COc1ccc(Cl)cc1NCCC(=O)N(CCO)C1CC1. The van der Waals surface area contributed by atoms with E-state index in [2.05, 4.69) is 5.32 Å². The van der Waals surface area contributed by atoms with Crippen molar-refractivity contribution in [1.82, 2.24) is 4.90 Å². The lowest BCUT2D eigenvalue weighted by Gasteiger charge is -2.21. The minimum atomic E-state index is 0.0117. The van der Waals surface area contributed by atoms with E-state index in [0.29, 0.717) is 36.3 Å². The summed E-state index contributed by atoms with van der Waals surface area (Å²) < 4.78 is 5.24. The molecule has 116 valence electrons. The monoisotopic (exact) mass is 312 g/mol. The number of rotatable bonds is 8.